The van der Waals surface area contributed by atoms with Crippen molar-refractivity contribution in [3.63, 3.8) is 0 Å². The van der Waals surface area contributed by atoms with Crippen LogP contribution in [0.1, 0.15) is 22.7 Å². The van der Waals surface area contributed by atoms with Gasteiger partial charge in [-0.3, -0.25) is 9.78 Å². The fourth-order valence-corrected chi connectivity index (χ4v) is 3.08. The number of amides is 1. The van der Waals surface area contributed by atoms with Gasteiger partial charge in [-0.1, -0.05) is 5.16 Å². The Morgan fingerprint density at radius 2 is 1.97 bits per heavy atom. The zero-order valence-corrected chi connectivity index (χ0v) is 15.3. The first-order valence-electron chi connectivity index (χ1n) is 8.88. The van der Waals surface area contributed by atoms with Crippen LogP contribution in [0.3, 0.4) is 0 Å². The maximum atomic E-state index is 14.4. The van der Waals surface area contributed by atoms with E-state index in [0.29, 0.717) is 25.1 Å². The van der Waals surface area contributed by atoms with E-state index in [9.17, 15) is 22.4 Å². The van der Waals surface area contributed by atoms with E-state index in [1.165, 1.54) is 24.5 Å². The molecule has 0 bridgehead atoms. The third kappa shape index (κ3) is 4.09. The largest absolute Gasteiger partial charge is 0.488 e. The number of halogens is 4. The van der Waals surface area contributed by atoms with Gasteiger partial charge in [0.25, 0.3) is 5.91 Å². The Morgan fingerprint density at radius 1 is 1.20 bits per heavy atom. The van der Waals surface area contributed by atoms with E-state index >= 15 is 0 Å². The van der Waals surface area contributed by atoms with Crippen molar-refractivity contribution in [2.75, 3.05) is 13.1 Å². The SMILES string of the molecule is O=C(c1ccncc1)N1CC[C@H](Oc2ccc(-c3noc(C(F)(F)F)n3)c(F)c2)C1. The van der Waals surface area contributed by atoms with Gasteiger partial charge in [-0.15, -0.1) is 0 Å². The average molecular weight is 422 g/mol. The summed E-state index contributed by atoms with van der Waals surface area (Å²) in [6.07, 6.45) is -1.54. The quantitative estimate of drug-likeness (QED) is 0.598. The van der Waals surface area contributed by atoms with Crippen LogP contribution in [0.15, 0.2) is 47.2 Å². The topological polar surface area (TPSA) is 81.4 Å². The zero-order valence-electron chi connectivity index (χ0n) is 15.3. The van der Waals surface area contributed by atoms with Gasteiger partial charge in [0, 0.05) is 37.0 Å². The Kier molecular flexibility index (Phi) is 5.10. The Bertz CT molecular complexity index is 1060. The summed E-state index contributed by atoms with van der Waals surface area (Å²) in [6.45, 7) is 0.805. The molecule has 1 atom stereocenters. The van der Waals surface area contributed by atoms with Gasteiger partial charge in [0.2, 0.25) is 5.82 Å². The zero-order chi connectivity index (χ0) is 21.3. The maximum absolute atomic E-state index is 14.4. The van der Waals surface area contributed by atoms with Crippen molar-refractivity contribution in [1.82, 2.24) is 20.0 Å². The monoisotopic (exact) mass is 422 g/mol. The minimum atomic E-state index is -4.81. The number of carbonyl (C=O) groups is 1. The summed E-state index contributed by atoms with van der Waals surface area (Å²) in [5, 5.41) is 3.17. The smallest absolute Gasteiger partial charge is 0.471 e. The molecule has 7 nitrogen and oxygen atoms in total. The first kappa shape index (κ1) is 19.8. The second kappa shape index (κ2) is 7.73. The minimum Gasteiger partial charge on any atom is -0.488 e. The number of rotatable bonds is 4. The number of hydrogen-bond donors (Lipinski definition) is 0. The molecule has 1 saturated heterocycles. The minimum absolute atomic E-state index is 0.150. The van der Waals surface area contributed by atoms with Gasteiger partial charge in [0.05, 0.1) is 12.1 Å². The number of nitrogens with zero attached hydrogens (tertiary/aromatic N) is 4. The maximum Gasteiger partial charge on any atom is 0.471 e. The van der Waals surface area contributed by atoms with Crippen molar-refractivity contribution in [2.45, 2.75) is 18.7 Å². The van der Waals surface area contributed by atoms with Crippen LogP contribution in [-0.4, -0.2) is 45.1 Å². The Labute approximate surface area is 167 Å². The third-order valence-corrected chi connectivity index (χ3v) is 4.51. The second-order valence-electron chi connectivity index (χ2n) is 6.58. The van der Waals surface area contributed by atoms with E-state index in [4.69, 9.17) is 4.74 Å². The summed E-state index contributed by atoms with van der Waals surface area (Å²) >= 11 is 0. The standard InChI is InChI=1S/C19H14F4N4O3/c20-15-9-12(1-2-14(15)16-25-18(30-26-16)19(21,22)23)29-13-5-8-27(10-13)17(28)11-3-6-24-7-4-11/h1-4,6-7,9,13H,5,8,10H2/t13-/m0/s1. The molecule has 0 radical (unpaired) electrons. The number of pyridine rings is 1. The molecule has 3 aromatic rings. The molecule has 3 heterocycles. The predicted molar refractivity (Wildman–Crippen MR) is 93.9 cm³/mol. The Hall–Kier alpha value is -3.50. The molecular formula is C19H14F4N4O3. The number of carbonyl (C=O) groups excluding carboxylic acids is 1. The van der Waals surface area contributed by atoms with Gasteiger partial charge < -0.3 is 14.2 Å². The van der Waals surface area contributed by atoms with Crippen LogP contribution in [0.4, 0.5) is 17.6 Å². The van der Waals surface area contributed by atoms with Crippen molar-refractivity contribution >= 4 is 5.91 Å². The van der Waals surface area contributed by atoms with Crippen LogP contribution >= 0.6 is 0 Å². The Morgan fingerprint density at radius 3 is 2.63 bits per heavy atom. The fourth-order valence-electron chi connectivity index (χ4n) is 3.08. The van der Waals surface area contributed by atoms with Crippen LogP contribution in [0.25, 0.3) is 11.4 Å². The number of hydrogen-bond acceptors (Lipinski definition) is 6. The molecule has 2 aromatic heterocycles. The molecule has 30 heavy (non-hydrogen) atoms. The first-order valence-corrected chi connectivity index (χ1v) is 8.88. The van der Waals surface area contributed by atoms with E-state index in [2.05, 4.69) is 19.6 Å². The van der Waals surface area contributed by atoms with Gasteiger partial charge in [-0.25, -0.2) is 4.39 Å². The number of alkyl halides is 3. The Balaban J connectivity index is 1.42. The van der Waals surface area contributed by atoms with E-state index in [1.54, 1.807) is 17.0 Å². The molecule has 1 aliphatic rings. The van der Waals surface area contributed by atoms with Crippen LogP contribution in [0.2, 0.25) is 0 Å². The van der Waals surface area contributed by atoms with Crippen LogP contribution in [0.5, 0.6) is 5.75 Å². The molecule has 4 rings (SSSR count). The van der Waals surface area contributed by atoms with E-state index < -0.39 is 23.7 Å². The molecule has 156 valence electrons. The summed E-state index contributed by atoms with van der Waals surface area (Å²) in [5.74, 6) is -2.89. The molecule has 0 saturated carbocycles. The van der Waals surface area contributed by atoms with E-state index in [1.807, 2.05) is 0 Å². The van der Waals surface area contributed by atoms with Gasteiger partial charge in [-0.05, 0) is 24.3 Å². The lowest BCUT2D eigenvalue weighted by atomic mass is 10.2. The highest BCUT2D eigenvalue weighted by Gasteiger charge is 2.38. The average Bonchev–Trinajstić information content (AvgIpc) is 3.38. The van der Waals surface area contributed by atoms with Crippen molar-refractivity contribution in [2.24, 2.45) is 0 Å². The lowest BCUT2D eigenvalue weighted by molar-refractivity contribution is -0.159. The molecule has 11 heteroatoms. The van der Waals surface area contributed by atoms with Crippen molar-refractivity contribution in [3.8, 4) is 17.1 Å². The summed E-state index contributed by atoms with van der Waals surface area (Å²) < 4.78 is 61.9. The van der Waals surface area contributed by atoms with Gasteiger partial charge in [0.1, 0.15) is 17.7 Å². The molecule has 1 amide bonds. The number of benzene rings is 1. The van der Waals surface area contributed by atoms with Crippen LogP contribution in [0, 0.1) is 5.82 Å². The lowest BCUT2D eigenvalue weighted by Gasteiger charge is -2.17. The van der Waals surface area contributed by atoms with Crippen LogP contribution in [-0.2, 0) is 6.18 Å². The summed E-state index contributed by atoms with van der Waals surface area (Å²) in [7, 11) is 0. The molecule has 1 aliphatic heterocycles. The number of likely N-dealkylation sites (tertiary alicyclic amines) is 1. The lowest BCUT2D eigenvalue weighted by Crippen LogP contribution is -2.30. The second-order valence-corrected chi connectivity index (χ2v) is 6.58. The van der Waals surface area contributed by atoms with Crippen LogP contribution < -0.4 is 4.74 Å². The van der Waals surface area contributed by atoms with Gasteiger partial charge in [0.15, 0.2) is 0 Å². The van der Waals surface area contributed by atoms with Gasteiger partial charge >= 0.3 is 12.1 Å². The first-order chi connectivity index (χ1) is 14.3. The predicted octanol–water partition coefficient (Wildman–Crippen LogP) is 3.58. The molecule has 0 unspecified atom stereocenters. The fraction of sp³-hybridized carbons (Fsp3) is 0.263. The number of aromatic nitrogens is 3. The number of ether oxygens (including phenoxy) is 1. The summed E-state index contributed by atoms with van der Waals surface area (Å²) in [6, 6.07) is 6.88. The van der Waals surface area contributed by atoms with Crippen molar-refractivity contribution in [1.29, 1.82) is 0 Å². The summed E-state index contributed by atoms with van der Waals surface area (Å²) in [5.41, 5.74) is 0.266. The highest BCUT2D eigenvalue weighted by Crippen LogP contribution is 2.31. The highest BCUT2D eigenvalue weighted by atomic mass is 19.4. The molecule has 0 aliphatic carbocycles. The molecule has 0 spiro atoms. The van der Waals surface area contributed by atoms with E-state index in [-0.39, 0.29) is 23.3 Å². The van der Waals surface area contributed by atoms with Gasteiger partial charge in [-0.2, -0.15) is 18.2 Å². The van der Waals surface area contributed by atoms with E-state index in [0.717, 1.165) is 6.07 Å². The van der Waals surface area contributed by atoms with Crippen molar-refractivity contribution < 1.29 is 31.6 Å². The third-order valence-electron chi connectivity index (χ3n) is 4.51. The van der Waals surface area contributed by atoms with Crippen molar-refractivity contribution in [3.05, 3.63) is 60.0 Å². The summed E-state index contributed by atoms with van der Waals surface area (Å²) in [4.78, 5) is 21.1. The molecule has 1 fully saturated rings. The highest BCUT2D eigenvalue weighted by molar-refractivity contribution is 5.94. The molecular weight excluding hydrogens is 408 g/mol. The molecule has 1 aromatic carbocycles. The molecule has 0 N–H and O–H groups in total. The normalized spacial score (nSPS) is 16.7.